The maximum Gasteiger partial charge on any atom is 0.276 e. The first-order valence-electron chi connectivity index (χ1n) is 9.05. The van der Waals surface area contributed by atoms with E-state index in [1.54, 1.807) is 31.4 Å². The highest BCUT2D eigenvalue weighted by molar-refractivity contribution is 6.07. The van der Waals surface area contributed by atoms with Crippen LogP contribution in [0.5, 0.6) is 5.75 Å². The van der Waals surface area contributed by atoms with Crippen molar-refractivity contribution in [3.63, 3.8) is 0 Å². The molecule has 6 heteroatoms. The summed E-state index contributed by atoms with van der Waals surface area (Å²) in [6.07, 6.45) is 5.34. The van der Waals surface area contributed by atoms with Crippen LogP contribution in [0.2, 0.25) is 0 Å². The Kier molecular flexibility index (Phi) is 5.98. The fraction of sp³-hybridized carbons (Fsp3) is 0.286. The zero-order valence-electron chi connectivity index (χ0n) is 15.3. The van der Waals surface area contributed by atoms with Crippen LogP contribution in [0.15, 0.2) is 48.5 Å². The number of ether oxygens (including phenoxy) is 1. The molecule has 0 amide bonds. The van der Waals surface area contributed by atoms with Crippen LogP contribution < -0.4 is 9.64 Å². The lowest BCUT2D eigenvalue weighted by molar-refractivity contribution is -0.901. The van der Waals surface area contributed by atoms with Crippen LogP contribution in [0.25, 0.3) is 6.08 Å². The first-order valence-corrected chi connectivity index (χ1v) is 9.05. The van der Waals surface area contributed by atoms with Crippen LogP contribution in [0.4, 0.5) is 5.69 Å². The number of nitrogens with one attached hydrogen (secondary N) is 1. The molecule has 6 nitrogen and oxygen atoms in total. The average Bonchev–Trinajstić information content (AvgIpc) is 3.19. The van der Waals surface area contributed by atoms with Crippen LogP contribution in [-0.4, -0.2) is 30.9 Å². The van der Waals surface area contributed by atoms with Gasteiger partial charge in [0, 0.05) is 30.0 Å². The third-order valence-corrected chi connectivity index (χ3v) is 4.86. The molecule has 1 fully saturated rings. The van der Waals surface area contributed by atoms with Crippen LogP contribution in [0.3, 0.4) is 0 Å². The van der Waals surface area contributed by atoms with Gasteiger partial charge in [-0.05, 0) is 36.4 Å². The van der Waals surface area contributed by atoms with Crippen molar-refractivity contribution >= 4 is 17.5 Å². The predicted molar refractivity (Wildman–Crippen MR) is 103 cm³/mol. The second kappa shape index (κ2) is 8.60. The zero-order valence-corrected chi connectivity index (χ0v) is 15.3. The number of ketones is 1. The largest absolute Gasteiger partial charge is 0.496 e. The van der Waals surface area contributed by atoms with Crippen molar-refractivity contribution in [3.05, 3.63) is 75.3 Å². The Bertz CT molecular complexity index is 870. The van der Waals surface area contributed by atoms with Crippen molar-refractivity contribution in [3.8, 4) is 5.75 Å². The van der Waals surface area contributed by atoms with E-state index in [0.717, 1.165) is 30.9 Å². The van der Waals surface area contributed by atoms with Gasteiger partial charge in [-0.3, -0.25) is 14.9 Å². The third kappa shape index (κ3) is 4.60. The lowest BCUT2D eigenvalue weighted by Gasteiger charge is -2.15. The summed E-state index contributed by atoms with van der Waals surface area (Å²) in [5, 5.41) is 11.1. The number of para-hydroxylation sites is 1. The van der Waals surface area contributed by atoms with Crippen molar-refractivity contribution in [2.45, 2.75) is 19.4 Å². The van der Waals surface area contributed by atoms with Crippen molar-refractivity contribution < 1.29 is 19.4 Å². The van der Waals surface area contributed by atoms with Gasteiger partial charge in [-0.15, -0.1) is 0 Å². The molecule has 1 aliphatic rings. The molecule has 1 N–H and O–H groups in total. The highest BCUT2D eigenvalue weighted by atomic mass is 16.6. The highest BCUT2D eigenvalue weighted by Gasteiger charge is 2.19. The number of rotatable bonds is 7. The van der Waals surface area contributed by atoms with Crippen molar-refractivity contribution in [2.75, 3.05) is 20.2 Å². The lowest BCUT2D eigenvalue weighted by atomic mass is 10.0. The molecule has 0 saturated carbocycles. The first-order chi connectivity index (χ1) is 13.1. The fourth-order valence-electron chi connectivity index (χ4n) is 3.45. The summed E-state index contributed by atoms with van der Waals surface area (Å²) >= 11 is 0. The Labute approximate surface area is 158 Å². The predicted octanol–water partition coefficient (Wildman–Crippen LogP) is 2.68. The maximum absolute atomic E-state index is 12.6. The van der Waals surface area contributed by atoms with Gasteiger partial charge in [0.1, 0.15) is 12.3 Å². The van der Waals surface area contributed by atoms with Crippen LogP contribution in [-0.2, 0) is 6.54 Å². The van der Waals surface area contributed by atoms with Crippen LogP contribution in [0.1, 0.15) is 34.3 Å². The number of carbonyl (C=O) groups is 1. The summed E-state index contributed by atoms with van der Waals surface area (Å²) in [7, 11) is 1.63. The van der Waals surface area contributed by atoms with Gasteiger partial charge in [-0.25, -0.2) is 0 Å². The van der Waals surface area contributed by atoms with Crippen LogP contribution >= 0.6 is 0 Å². The quantitative estimate of drug-likeness (QED) is 0.353. The van der Waals surface area contributed by atoms with E-state index in [-0.39, 0.29) is 11.5 Å². The molecule has 0 atom stereocenters. The van der Waals surface area contributed by atoms with Crippen molar-refractivity contribution in [1.82, 2.24) is 0 Å². The topological polar surface area (TPSA) is 73.9 Å². The molecule has 0 spiro atoms. The SMILES string of the molecule is COc1ccc(C(=O)/C=C/c2ccccc2[N+](=O)[O-])cc1C[NH+]1CCCC1. The van der Waals surface area contributed by atoms with Gasteiger partial charge in [0.2, 0.25) is 0 Å². The second-order valence-electron chi connectivity index (χ2n) is 6.67. The number of likely N-dealkylation sites (tertiary alicyclic amines) is 1. The van der Waals surface area contributed by atoms with Gasteiger partial charge in [-0.1, -0.05) is 12.1 Å². The molecule has 0 aromatic heterocycles. The number of allylic oxidation sites excluding steroid dienone is 1. The molecular formula is C21H23N2O4+. The molecule has 1 aliphatic heterocycles. The Morgan fingerprint density at radius 2 is 1.96 bits per heavy atom. The van der Waals surface area contributed by atoms with E-state index in [1.807, 2.05) is 12.1 Å². The van der Waals surface area contributed by atoms with Gasteiger partial charge in [-0.2, -0.15) is 0 Å². The minimum atomic E-state index is -0.450. The molecule has 2 aromatic carbocycles. The monoisotopic (exact) mass is 367 g/mol. The third-order valence-electron chi connectivity index (χ3n) is 4.86. The fourth-order valence-corrected chi connectivity index (χ4v) is 3.45. The van der Waals surface area contributed by atoms with Gasteiger partial charge >= 0.3 is 0 Å². The summed E-state index contributed by atoms with van der Waals surface area (Å²) in [4.78, 5) is 24.7. The molecule has 0 unspecified atom stereocenters. The smallest absolute Gasteiger partial charge is 0.276 e. The number of quaternary nitrogens is 1. The summed E-state index contributed by atoms with van der Waals surface area (Å²) in [6, 6.07) is 11.8. The molecule has 1 heterocycles. The Morgan fingerprint density at radius 3 is 2.67 bits per heavy atom. The molecule has 2 aromatic rings. The van der Waals surface area contributed by atoms with E-state index in [0.29, 0.717) is 11.1 Å². The second-order valence-corrected chi connectivity index (χ2v) is 6.67. The number of carbonyl (C=O) groups excluding carboxylic acids is 1. The maximum atomic E-state index is 12.6. The molecule has 3 rings (SSSR count). The number of nitrogens with zero attached hydrogens (tertiary/aromatic N) is 1. The zero-order chi connectivity index (χ0) is 19.2. The molecule has 1 saturated heterocycles. The van der Waals surface area contributed by atoms with E-state index in [9.17, 15) is 14.9 Å². The van der Waals surface area contributed by atoms with E-state index in [1.165, 1.54) is 36.0 Å². The summed E-state index contributed by atoms with van der Waals surface area (Å²) in [5.74, 6) is 0.599. The Morgan fingerprint density at radius 1 is 1.22 bits per heavy atom. The average molecular weight is 367 g/mol. The minimum absolute atomic E-state index is 0.0189. The van der Waals surface area contributed by atoms with Gasteiger partial charge in [0.25, 0.3) is 5.69 Å². The number of hydrogen-bond acceptors (Lipinski definition) is 4. The Balaban J connectivity index is 1.81. The molecular weight excluding hydrogens is 344 g/mol. The lowest BCUT2D eigenvalue weighted by Crippen LogP contribution is -3.08. The Hall–Kier alpha value is -2.99. The number of hydrogen-bond donors (Lipinski definition) is 1. The van der Waals surface area contributed by atoms with Crippen LogP contribution in [0, 0.1) is 10.1 Å². The number of nitro groups is 1. The highest BCUT2D eigenvalue weighted by Crippen LogP contribution is 2.22. The molecule has 140 valence electrons. The van der Waals surface area contributed by atoms with Gasteiger partial charge < -0.3 is 9.64 Å². The molecule has 0 aliphatic carbocycles. The van der Waals surface area contributed by atoms with Gasteiger partial charge in [0.15, 0.2) is 5.78 Å². The van der Waals surface area contributed by atoms with E-state index in [2.05, 4.69) is 0 Å². The van der Waals surface area contributed by atoms with Crippen molar-refractivity contribution in [1.29, 1.82) is 0 Å². The molecule has 0 bridgehead atoms. The molecule has 0 radical (unpaired) electrons. The first kappa shape index (κ1) is 18.8. The number of benzene rings is 2. The van der Waals surface area contributed by atoms with Gasteiger partial charge in [0.05, 0.1) is 30.7 Å². The van der Waals surface area contributed by atoms with E-state index in [4.69, 9.17) is 4.74 Å². The summed E-state index contributed by atoms with van der Waals surface area (Å²) < 4.78 is 5.44. The normalized spacial score (nSPS) is 14.6. The standard InChI is InChI=1S/C21H22N2O4/c1-27-21-11-9-17(14-18(21)15-22-12-4-5-13-22)20(24)10-8-16-6-2-3-7-19(16)23(25)26/h2-3,6-11,14H,4-5,12-13,15H2,1H3/p+1/b10-8+. The number of methoxy groups -OCH3 is 1. The van der Waals surface area contributed by atoms with E-state index >= 15 is 0 Å². The minimum Gasteiger partial charge on any atom is -0.496 e. The molecule has 27 heavy (non-hydrogen) atoms. The summed E-state index contributed by atoms with van der Waals surface area (Å²) in [5.41, 5.74) is 1.96. The number of nitro benzene ring substituents is 1. The summed E-state index contributed by atoms with van der Waals surface area (Å²) in [6.45, 7) is 3.11. The van der Waals surface area contributed by atoms with E-state index < -0.39 is 4.92 Å². The van der Waals surface area contributed by atoms with Crippen molar-refractivity contribution in [2.24, 2.45) is 0 Å².